The summed E-state index contributed by atoms with van der Waals surface area (Å²) in [7, 11) is -3.60. The molecule has 0 unspecified atom stereocenters. The van der Waals surface area contributed by atoms with E-state index in [4.69, 9.17) is 4.18 Å². The summed E-state index contributed by atoms with van der Waals surface area (Å²) in [5, 5.41) is 2.37. The van der Waals surface area contributed by atoms with Crippen LogP contribution in [0.2, 0.25) is 0 Å². The summed E-state index contributed by atoms with van der Waals surface area (Å²) in [4.78, 5) is 0.279. The monoisotopic (exact) mass is 280 g/mol. The first-order valence-electron chi connectivity index (χ1n) is 5.01. The Morgan fingerprint density at radius 1 is 1.29 bits per heavy atom. The summed E-state index contributed by atoms with van der Waals surface area (Å²) in [6.45, 7) is 2.10. The van der Waals surface area contributed by atoms with Crippen molar-refractivity contribution < 1.29 is 12.6 Å². The SMILES string of the molecule is CCCOS(=O)(=O)c1csc2ccccc12.[NaH]. The Balaban J connectivity index is 0.00000144. The van der Waals surface area contributed by atoms with Gasteiger partial charge < -0.3 is 0 Å². The summed E-state index contributed by atoms with van der Waals surface area (Å²) in [6.07, 6.45) is 0.682. The Bertz CT molecular complexity index is 590. The Morgan fingerprint density at radius 3 is 2.71 bits per heavy atom. The number of hydrogen-bond donors (Lipinski definition) is 0. The summed E-state index contributed by atoms with van der Waals surface area (Å²) in [6, 6.07) is 7.42. The molecule has 0 N–H and O–H groups in total. The van der Waals surface area contributed by atoms with Gasteiger partial charge in [-0.25, -0.2) is 0 Å². The van der Waals surface area contributed by atoms with E-state index < -0.39 is 10.1 Å². The van der Waals surface area contributed by atoms with Gasteiger partial charge in [0.2, 0.25) is 0 Å². The Labute approximate surface area is 127 Å². The van der Waals surface area contributed by atoms with Gasteiger partial charge >= 0.3 is 29.6 Å². The molecule has 0 spiro atoms. The van der Waals surface area contributed by atoms with Crippen LogP contribution in [0.25, 0.3) is 10.1 Å². The van der Waals surface area contributed by atoms with Crippen LogP contribution in [-0.2, 0) is 14.3 Å². The van der Waals surface area contributed by atoms with E-state index in [1.54, 1.807) is 11.4 Å². The van der Waals surface area contributed by atoms with Gasteiger partial charge in [0.1, 0.15) is 4.90 Å². The van der Waals surface area contributed by atoms with Crippen LogP contribution >= 0.6 is 11.3 Å². The summed E-state index contributed by atoms with van der Waals surface area (Å²) in [5.74, 6) is 0. The molecule has 0 saturated carbocycles. The number of hydrogen-bond acceptors (Lipinski definition) is 4. The number of rotatable bonds is 4. The maximum atomic E-state index is 11.9. The molecule has 0 bridgehead atoms. The predicted octanol–water partition coefficient (Wildman–Crippen LogP) is 2.37. The van der Waals surface area contributed by atoms with Gasteiger partial charge in [0, 0.05) is 15.5 Å². The third-order valence-corrected chi connectivity index (χ3v) is 4.62. The second-order valence-electron chi connectivity index (χ2n) is 3.37. The molecule has 0 aliphatic heterocycles. The van der Waals surface area contributed by atoms with Crippen LogP contribution in [0, 0.1) is 0 Å². The molecule has 0 aliphatic rings. The van der Waals surface area contributed by atoms with Crippen molar-refractivity contribution >= 4 is 61.1 Å². The molecule has 3 nitrogen and oxygen atoms in total. The van der Waals surface area contributed by atoms with Gasteiger partial charge in [-0.3, -0.25) is 4.18 Å². The van der Waals surface area contributed by atoms with Crippen molar-refractivity contribution in [2.75, 3.05) is 6.61 Å². The van der Waals surface area contributed by atoms with Crippen LogP contribution < -0.4 is 0 Å². The molecular formula is C11H13NaO3S2. The van der Waals surface area contributed by atoms with Crippen LogP contribution in [0.3, 0.4) is 0 Å². The first-order chi connectivity index (χ1) is 7.65. The normalized spacial score (nSPS) is 11.4. The third-order valence-electron chi connectivity index (χ3n) is 2.16. The standard InChI is InChI=1S/C11H12O3S2.Na.H/c1-2-7-14-16(12,13)11-8-15-10-6-4-3-5-9(10)11;;/h3-6,8H,2,7H2,1H3;;. The topological polar surface area (TPSA) is 43.4 Å². The van der Waals surface area contributed by atoms with Crippen molar-refractivity contribution in [1.29, 1.82) is 0 Å². The molecule has 1 heterocycles. The molecule has 2 aromatic rings. The van der Waals surface area contributed by atoms with E-state index in [2.05, 4.69) is 0 Å². The second kappa shape index (κ2) is 6.31. The fourth-order valence-corrected chi connectivity index (χ4v) is 3.87. The zero-order chi connectivity index (χ0) is 11.6. The molecule has 0 fully saturated rings. The van der Waals surface area contributed by atoms with E-state index in [9.17, 15) is 8.42 Å². The van der Waals surface area contributed by atoms with Crippen molar-refractivity contribution in [2.24, 2.45) is 0 Å². The van der Waals surface area contributed by atoms with E-state index in [0.29, 0.717) is 6.42 Å². The fourth-order valence-electron chi connectivity index (χ4n) is 1.40. The van der Waals surface area contributed by atoms with Gasteiger partial charge in [-0.05, 0) is 12.5 Å². The molecule has 0 amide bonds. The quantitative estimate of drug-likeness (QED) is 0.638. The molecule has 0 saturated heterocycles. The second-order valence-corrected chi connectivity index (χ2v) is 5.87. The molecule has 0 aliphatic carbocycles. The summed E-state index contributed by atoms with van der Waals surface area (Å²) >= 11 is 1.42. The van der Waals surface area contributed by atoms with E-state index in [1.807, 2.05) is 25.1 Å². The molecule has 88 valence electrons. The minimum atomic E-state index is -3.60. The predicted molar refractivity (Wildman–Crippen MR) is 72.4 cm³/mol. The Morgan fingerprint density at radius 2 is 2.00 bits per heavy atom. The van der Waals surface area contributed by atoms with E-state index in [1.165, 1.54) is 11.3 Å². The third kappa shape index (κ3) is 3.30. The van der Waals surface area contributed by atoms with Gasteiger partial charge in [0.05, 0.1) is 6.61 Å². The first-order valence-corrected chi connectivity index (χ1v) is 7.29. The summed E-state index contributed by atoms with van der Waals surface area (Å²) < 4.78 is 29.6. The van der Waals surface area contributed by atoms with Crippen molar-refractivity contribution in [3.05, 3.63) is 29.6 Å². The number of thiophene rings is 1. The molecule has 0 radical (unpaired) electrons. The van der Waals surface area contributed by atoms with Crippen molar-refractivity contribution in [3.8, 4) is 0 Å². The van der Waals surface area contributed by atoms with Gasteiger partial charge in [-0.2, -0.15) is 8.42 Å². The van der Waals surface area contributed by atoms with E-state index in [0.717, 1.165) is 10.1 Å². The fraction of sp³-hybridized carbons (Fsp3) is 0.273. The van der Waals surface area contributed by atoms with E-state index in [-0.39, 0.29) is 41.1 Å². The van der Waals surface area contributed by atoms with Crippen LogP contribution in [0.15, 0.2) is 34.5 Å². The molecular weight excluding hydrogens is 267 g/mol. The van der Waals surface area contributed by atoms with Gasteiger partial charge in [-0.1, -0.05) is 25.1 Å². The molecule has 6 heteroatoms. The van der Waals surface area contributed by atoms with Crippen molar-refractivity contribution in [2.45, 2.75) is 18.2 Å². The van der Waals surface area contributed by atoms with Crippen LogP contribution in [0.5, 0.6) is 0 Å². The van der Waals surface area contributed by atoms with Gasteiger partial charge in [0.25, 0.3) is 10.1 Å². The number of benzene rings is 1. The Kier molecular flexibility index (Phi) is 5.63. The zero-order valence-electron chi connectivity index (χ0n) is 8.84. The van der Waals surface area contributed by atoms with Crippen LogP contribution in [0.1, 0.15) is 13.3 Å². The first kappa shape index (κ1) is 15.1. The van der Waals surface area contributed by atoms with E-state index >= 15 is 0 Å². The van der Waals surface area contributed by atoms with Crippen molar-refractivity contribution in [1.82, 2.24) is 0 Å². The van der Waals surface area contributed by atoms with Crippen molar-refractivity contribution in [3.63, 3.8) is 0 Å². The Hall–Kier alpha value is 0.0900. The average molecular weight is 280 g/mol. The summed E-state index contributed by atoms with van der Waals surface area (Å²) in [5.41, 5.74) is 0. The zero-order valence-corrected chi connectivity index (χ0v) is 10.5. The number of fused-ring (bicyclic) bond motifs is 1. The van der Waals surface area contributed by atoms with Crippen LogP contribution in [0.4, 0.5) is 0 Å². The van der Waals surface area contributed by atoms with Gasteiger partial charge in [0.15, 0.2) is 0 Å². The molecule has 0 atom stereocenters. The maximum absolute atomic E-state index is 11.9. The molecule has 17 heavy (non-hydrogen) atoms. The molecule has 2 rings (SSSR count). The minimum absolute atomic E-state index is 0. The van der Waals surface area contributed by atoms with Crippen LogP contribution in [-0.4, -0.2) is 44.6 Å². The molecule has 1 aromatic carbocycles. The average Bonchev–Trinajstić information content (AvgIpc) is 2.71. The molecule has 1 aromatic heterocycles. The van der Waals surface area contributed by atoms with Gasteiger partial charge in [-0.15, -0.1) is 11.3 Å².